The molecule has 3 aromatic rings. The second-order valence-corrected chi connectivity index (χ2v) is 9.16. The number of piperidine rings is 1. The van der Waals surface area contributed by atoms with Crippen LogP contribution in [0.3, 0.4) is 0 Å². The smallest absolute Gasteiger partial charge is 0.323 e. The number of hydrogen-bond acceptors (Lipinski definition) is 4. The van der Waals surface area contributed by atoms with Gasteiger partial charge >= 0.3 is 5.69 Å². The monoisotopic (exact) mass is 414 g/mol. The highest BCUT2D eigenvalue weighted by Gasteiger charge is 2.37. The van der Waals surface area contributed by atoms with E-state index in [-0.39, 0.29) is 16.5 Å². The highest BCUT2D eigenvalue weighted by atomic mass is 32.2. The fourth-order valence-electron chi connectivity index (χ4n) is 3.64. The number of amides is 1. The topological polar surface area (TPSA) is 115 Å². The fraction of sp³-hybridized carbons (Fsp3) is 0.300. The summed E-state index contributed by atoms with van der Waals surface area (Å²) in [6.45, 7) is 2.20. The predicted octanol–water partition coefficient (Wildman–Crippen LogP) is 2.35. The molecule has 0 aliphatic carbocycles. The minimum atomic E-state index is -3.78. The first kappa shape index (κ1) is 19.4. The van der Waals surface area contributed by atoms with Gasteiger partial charge in [-0.25, -0.2) is 13.2 Å². The largest absolute Gasteiger partial charge is 0.325 e. The van der Waals surface area contributed by atoms with E-state index in [1.54, 1.807) is 42.5 Å². The molecule has 1 amide bonds. The Morgan fingerprint density at radius 1 is 1.07 bits per heavy atom. The van der Waals surface area contributed by atoms with Crippen molar-refractivity contribution < 1.29 is 13.2 Å². The summed E-state index contributed by atoms with van der Waals surface area (Å²) < 4.78 is 27.6. The molecule has 0 bridgehead atoms. The van der Waals surface area contributed by atoms with Gasteiger partial charge in [0.25, 0.3) is 0 Å². The van der Waals surface area contributed by atoms with Crippen LogP contribution in [0.15, 0.2) is 52.2 Å². The maximum Gasteiger partial charge on any atom is 0.323 e. The fourth-order valence-corrected chi connectivity index (χ4v) is 5.29. The number of H-pyrrole nitrogens is 2. The molecule has 2 aromatic carbocycles. The molecule has 4 rings (SSSR count). The highest BCUT2D eigenvalue weighted by Crippen LogP contribution is 2.27. The lowest BCUT2D eigenvalue weighted by Crippen LogP contribution is -2.49. The van der Waals surface area contributed by atoms with Crippen LogP contribution in [-0.2, 0) is 14.8 Å². The molecule has 0 radical (unpaired) electrons. The van der Waals surface area contributed by atoms with Crippen LogP contribution in [0.25, 0.3) is 11.0 Å². The molecule has 152 valence electrons. The Balaban J connectivity index is 1.59. The molecule has 3 N–H and O–H groups in total. The quantitative estimate of drug-likeness (QED) is 0.608. The first-order valence-electron chi connectivity index (χ1n) is 9.46. The molecule has 1 aliphatic rings. The summed E-state index contributed by atoms with van der Waals surface area (Å²) in [5.41, 5.74) is 2.34. The van der Waals surface area contributed by atoms with E-state index >= 15 is 0 Å². The van der Waals surface area contributed by atoms with Gasteiger partial charge in [-0.15, -0.1) is 0 Å². The number of fused-ring (bicyclic) bond motifs is 1. The molecule has 1 unspecified atom stereocenters. The Labute approximate surface area is 168 Å². The van der Waals surface area contributed by atoms with Gasteiger partial charge < -0.3 is 15.3 Å². The van der Waals surface area contributed by atoms with E-state index in [0.717, 1.165) is 12.0 Å². The number of imidazole rings is 1. The number of aromatic amines is 2. The Morgan fingerprint density at radius 2 is 1.79 bits per heavy atom. The molecular formula is C20H22N4O4S. The van der Waals surface area contributed by atoms with Crippen molar-refractivity contribution in [2.24, 2.45) is 0 Å². The van der Waals surface area contributed by atoms with Crippen LogP contribution in [0.2, 0.25) is 0 Å². The SMILES string of the molecule is Cc1ccc(S(=O)(=O)N2CCCCC2C(=O)Nc2ccc3[nH]c(=O)[nH]c3c2)cc1. The highest BCUT2D eigenvalue weighted by molar-refractivity contribution is 7.89. The van der Waals surface area contributed by atoms with Crippen LogP contribution in [0.4, 0.5) is 5.69 Å². The third kappa shape index (κ3) is 3.83. The number of carbonyl (C=O) groups excluding carboxylic acids is 1. The number of anilines is 1. The van der Waals surface area contributed by atoms with E-state index in [9.17, 15) is 18.0 Å². The van der Waals surface area contributed by atoms with Gasteiger partial charge in [-0.2, -0.15) is 4.31 Å². The summed E-state index contributed by atoms with van der Waals surface area (Å²) in [5, 5.41) is 2.79. The van der Waals surface area contributed by atoms with Gasteiger partial charge in [-0.1, -0.05) is 24.1 Å². The van der Waals surface area contributed by atoms with Gasteiger partial charge in [0.15, 0.2) is 0 Å². The normalized spacial score (nSPS) is 18.0. The van der Waals surface area contributed by atoms with Crippen LogP contribution in [-0.4, -0.2) is 41.2 Å². The Morgan fingerprint density at radius 3 is 2.55 bits per heavy atom. The molecule has 1 fully saturated rings. The second-order valence-electron chi connectivity index (χ2n) is 7.27. The first-order valence-corrected chi connectivity index (χ1v) is 10.9. The Hall–Kier alpha value is -2.91. The molecule has 1 aromatic heterocycles. The maximum atomic E-state index is 13.1. The summed E-state index contributed by atoms with van der Waals surface area (Å²) in [5.74, 6) is -0.377. The van der Waals surface area contributed by atoms with Crippen molar-refractivity contribution in [2.45, 2.75) is 37.1 Å². The summed E-state index contributed by atoms with van der Waals surface area (Å²) >= 11 is 0. The Bertz CT molecular complexity index is 1210. The van der Waals surface area contributed by atoms with Crippen molar-refractivity contribution in [1.82, 2.24) is 14.3 Å². The van der Waals surface area contributed by atoms with Gasteiger partial charge in [-0.3, -0.25) is 4.79 Å². The lowest BCUT2D eigenvalue weighted by atomic mass is 10.0. The molecule has 2 heterocycles. The van der Waals surface area contributed by atoms with Gasteiger partial charge in [0, 0.05) is 12.2 Å². The molecule has 1 aliphatic heterocycles. The molecule has 9 heteroatoms. The van der Waals surface area contributed by atoms with Crippen LogP contribution in [0.5, 0.6) is 0 Å². The lowest BCUT2D eigenvalue weighted by Gasteiger charge is -2.33. The van der Waals surface area contributed by atoms with Crippen molar-refractivity contribution in [2.75, 3.05) is 11.9 Å². The van der Waals surface area contributed by atoms with Gasteiger partial charge in [0.2, 0.25) is 15.9 Å². The van der Waals surface area contributed by atoms with Crippen LogP contribution in [0.1, 0.15) is 24.8 Å². The van der Waals surface area contributed by atoms with E-state index in [4.69, 9.17) is 0 Å². The zero-order valence-electron chi connectivity index (χ0n) is 15.9. The van der Waals surface area contributed by atoms with Gasteiger partial charge in [0.05, 0.1) is 15.9 Å². The summed E-state index contributed by atoms with van der Waals surface area (Å²) in [6, 6.07) is 10.9. The van der Waals surface area contributed by atoms with E-state index in [0.29, 0.717) is 36.1 Å². The molecule has 8 nitrogen and oxygen atoms in total. The molecule has 1 atom stereocenters. The third-order valence-electron chi connectivity index (χ3n) is 5.17. The van der Waals surface area contributed by atoms with Crippen molar-refractivity contribution in [1.29, 1.82) is 0 Å². The van der Waals surface area contributed by atoms with E-state index in [2.05, 4.69) is 15.3 Å². The minimum absolute atomic E-state index is 0.189. The zero-order valence-corrected chi connectivity index (χ0v) is 16.8. The molecular weight excluding hydrogens is 392 g/mol. The standard InChI is InChI=1S/C20H22N4O4S/c1-13-5-8-15(9-6-13)29(27,28)24-11-3-2-4-18(24)19(25)21-14-7-10-16-17(12-14)23-20(26)22-16/h5-10,12,18H,2-4,11H2,1H3,(H,21,25)(H2,22,23,26). The minimum Gasteiger partial charge on any atom is -0.325 e. The maximum absolute atomic E-state index is 13.1. The summed E-state index contributed by atoms with van der Waals surface area (Å²) in [4.78, 5) is 29.8. The van der Waals surface area contributed by atoms with Crippen molar-refractivity contribution in [3.8, 4) is 0 Å². The van der Waals surface area contributed by atoms with E-state index in [1.807, 2.05) is 6.92 Å². The van der Waals surface area contributed by atoms with Crippen molar-refractivity contribution in [3.05, 3.63) is 58.5 Å². The predicted molar refractivity (Wildman–Crippen MR) is 110 cm³/mol. The van der Waals surface area contributed by atoms with Gasteiger partial charge in [0.1, 0.15) is 6.04 Å². The number of nitrogens with zero attached hydrogens (tertiary/aromatic N) is 1. The lowest BCUT2D eigenvalue weighted by molar-refractivity contribution is -0.120. The summed E-state index contributed by atoms with van der Waals surface area (Å²) in [6.07, 6.45) is 1.95. The second kappa shape index (κ2) is 7.49. The number of benzene rings is 2. The van der Waals surface area contributed by atoms with Gasteiger partial charge in [-0.05, 0) is 50.1 Å². The zero-order chi connectivity index (χ0) is 20.6. The number of rotatable bonds is 4. The number of aromatic nitrogens is 2. The average molecular weight is 414 g/mol. The molecule has 0 saturated carbocycles. The number of hydrogen-bond donors (Lipinski definition) is 3. The van der Waals surface area contributed by atoms with E-state index in [1.165, 1.54) is 4.31 Å². The summed E-state index contributed by atoms with van der Waals surface area (Å²) in [7, 11) is -3.78. The number of carbonyl (C=O) groups is 1. The number of aryl methyl sites for hydroxylation is 1. The molecule has 29 heavy (non-hydrogen) atoms. The van der Waals surface area contributed by atoms with Crippen LogP contribution >= 0.6 is 0 Å². The average Bonchev–Trinajstić information content (AvgIpc) is 3.07. The third-order valence-corrected chi connectivity index (χ3v) is 7.09. The van der Waals surface area contributed by atoms with E-state index < -0.39 is 16.1 Å². The Kier molecular flexibility index (Phi) is 5.01. The van der Waals surface area contributed by atoms with Crippen molar-refractivity contribution in [3.63, 3.8) is 0 Å². The number of sulfonamides is 1. The molecule has 1 saturated heterocycles. The van der Waals surface area contributed by atoms with Crippen molar-refractivity contribution >= 4 is 32.7 Å². The van der Waals surface area contributed by atoms with Crippen LogP contribution < -0.4 is 11.0 Å². The van der Waals surface area contributed by atoms with Crippen LogP contribution in [0, 0.1) is 6.92 Å². The number of nitrogens with one attached hydrogen (secondary N) is 3. The first-order chi connectivity index (χ1) is 13.8. The molecule has 0 spiro atoms.